The number of nitrogens with two attached hydrogens (primary N) is 1. The van der Waals surface area contributed by atoms with Gasteiger partial charge in [-0.2, -0.15) is 15.0 Å². The molecule has 3 N–H and O–H groups in total. The molecule has 0 aliphatic carbocycles. The number of nitrogens with one attached hydrogen (secondary N) is 1. The van der Waals surface area contributed by atoms with Crippen LogP contribution in [-0.4, -0.2) is 33.0 Å². The maximum atomic E-state index is 5.73. The summed E-state index contributed by atoms with van der Waals surface area (Å²) in [7, 11) is 0. The summed E-state index contributed by atoms with van der Waals surface area (Å²) in [6.45, 7) is 6.27. The quantitative estimate of drug-likeness (QED) is 0.819. The Morgan fingerprint density at radius 3 is 2.60 bits per heavy atom. The van der Waals surface area contributed by atoms with Crippen molar-refractivity contribution < 1.29 is 0 Å². The zero-order chi connectivity index (χ0) is 14.4. The fourth-order valence-electron chi connectivity index (χ4n) is 1.78. The Balaban J connectivity index is 2.12. The van der Waals surface area contributed by atoms with E-state index in [0.717, 1.165) is 18.8 Å². The molecule has 2 aromatic heterocycles. The molecule has 2 heterocycles. The van der Waals surface area contributed by atoms with Crippen LogP contribution in [0.1, 0.15) is 19.5 Å². The summed E-state index contributed by atoms with van der Waals surface area (Å²) in [4.78, 5) is 18.9. The number of aromatic nitrogens is 4. The molecule has 106 valence electrons. The number of nitrogens with zero attached hydrogens (tertiary/aromatic N) is 5. The van der Waals surface area contributed by atoms with E-state index in [2.05, 4.69) is 25.3 Å². The highest BCUT2D eigenvalue weighted by atomic mass is 15.3. The van der Waals surface area contributed by atoms with Gasteiger partial charge in [0.25, 0.3) is 0 Å². The van der Waals surface area contributed by atoms with Gasteiger partial charge in [0.15, 0.2) is 0 Å². The topological polar surface area (TPSA) is 92.9 Å². The van der Waals surface area contributed by atoms with Crippen LogP contribution in [0.3, 0.4) is 0 Å². The molecule has 0 saturated heterocycles. The Labute approximate surface area is 118 Å². The minimum absolute atomic E-state index is 0.213. The van der Waals surface area contributed by atoms with Gasteiger partial charge in [0, 0.05) is 19.3 Å². The van der Waals surface area contributed by atoms with Crippen molar-refractivity contribution in [2.24, 2.45) is 0 Å². The lowest BCUT2D eigenvalue weighted by Crippen LogP contribution is -2.25. The third-order valence-corrected chi connectivity index (χ3v) is 2.84. The second kappa shape index (κ2) is 6.65. The van der Waals surface area contributed by atoms with Gasteiger partial charge in [0.1, 0.15) is 0 Å². The predicted molar refractivity (Wildman–Crippen MR) is 79.4 cm³/mol. The zero-order valence-corrected chi connectivity index (χ0v) is 11.7. The van der Waals surface area contributed by atoms with E-state index in [1.165, 1.54) is 0 Å². The van der Waals surface area contributed by atoms with Crippen LogP contribution < -0.4 is 16.0 Å². The SMILES string of the molecule is CCN(CC)c1nc(N)nc(NCc2ccccn2)n1. The number of pyridine rings is 1. The van der Waals surface area contributed by atoms with Gasteiger partial charge in [-0.05, 0) is 26.0 Å². The molecule has 0 bridgehead atoms. The van der Waals surface area contributed by atoms with Crippen LogP contribution in [-0.2, 0) is 6.54 Å². The number of rotatable bonds is 6. The van der Waals surface area contributed by atoms with Gasteiger partial charge >= 0.3 is 0 Å². The molecule has 0 saturated carbocycles. The molecule has 0 fully saturated rings. The molecule has 20 heavy (non-hydrogen) atoms. The average Bonchev–Trinajstić information content (AvgIpc) is 2.47. The number of hydrogen-bond acceptors (Lipinski definition) is 7. The minimum Gasteiger partial charge on any atom is -0.368 e. The van der Waals surface area contributed by atoms with Gasteiger partial charge in [0.05, 0.1) is 12.2 Å². The predicted octanol–water partition coefficient (Wildman–Crippen LogP) is 1.31. The summed E-state index contributed by atoms with van der Waals surface area (Å²) < 4.78 is 0. The fraction of sp³-hybridized carbons (Fsp3) is 0.385. The Morgan fingerprint density at radius 2 is 1.95 bits per heavy atom. The molecule has 0 radical (unpaired) electrons. The van der Waals surface area contributed by atoms with Crippen LogP contribution >= 0.6 is 0 Å². The van der Waals surface area contributed by atoms with Crippen molar-refractivity contribution in [2.45, 2.75) is 20.4 Å². The first kappa shape index (κ1) is 14.0. The zero-order valence-electron chi connectivity index (χ0n) is 11.7. The molecule has 0 aliphatic heterocycles. The molecule has 0 aromatic carbocycles. The van der Waals surface area contributed by atoms with E-state index in [1.807, 2.05) is 36.9 Å². The molecule has 2 aromatic rings. The van der Waals surface area contributed by atoms with Crippen molar-refractivity contribution >= 4 is 17.8 Å². The van der Waals surface area contributed by atoms with Crippen LogP contribution in [0.2, 0.25) is 0 Å². The Bertz CT molecular complexity index is 540. The van der Waals surface area contributed by atoms with Crippen molar-refractivity contribution in [3.63, 3.8) is 0 Å². The number of anilines is 3. The van der Waals surface area contributed by atoms with Crippen molar-refractivity contribution in [3.05, 3.63) is 30.1 Å². The van der Waals surface area contributed by atoms with Crippen molar-refractivity contribution in [2.75, 3.05) is 29.0 Å². The highest BCUT2D eigenvalue weighted by molar-refractivity contribution is 5.41. The van der Waals surface area contributed by atoms with E-state index in [9.17, 15) is 0 Å². The van der Waals surface area contributed by atoms with E-state index >= 15 is 0 Å². The molecular formula is C13H19N7. The summed E-state index contributed by atoms with van der Waals surface area (Å²) in [5.41, 5.74) is 6.64. The lowest BCUT2D eigenvalue weighted by molar-refractivity contribution is 0.813. The molecule has 7 heteroatoms. The largest absolute Gasteiger partial charge is 0.368 e. The maximum absolute atomic E-state index is 5.73. The molecule has 0 amide bonds. The third-order valence-electron chi connectivity index (χ3n) is 2.84. The lowest BCUT2D eigenvalue weighted by Gasteiger charge is -2.18. The summed E-state index contributed by atoms with van der Waals surface area (Å²) in [6, 6.07) is 5.75. The third kappa shape index (κ3) is 3.53. The van der Waals surface area contributed by atoms with Crippen LogP contribution in [0.5, 0.6) is 0 Å². The monoisotopic (exact) mass is 273 g/mol. The first-order chi connectivity index (χ1) is 9.72. The fourth-order valence-corrected chi connectivity index (χ4v) is 1.78. The summed E-state index contributed by atoms with van der Waals surface area (Å²) in [5, 5.41) is 3.11. The van der Waals surface area contributed by atoms with E-state index in [-0.39, 0.29) is 5.95 Å². The summed E-state index contributed by atoms with van der Waals surface area (Å²) >= 11 is 0. The first-order valence-corrected chi connectivity index (χ1v) is 6.63. The van der Waals surface area contributed by atoms with Gasteiger partial charge in [-0.1, -0.05) is 6.07 Å². The molecule has 7 nitrogen and oxygen atoms in total. The van der Waals surface area contributed by atoms with E-state index in [1.54, 1.807) is 6.20 Å². The Kier molecular flexibility index (Phi) is 4.65. The highest BCUT2D eigenvalue weighted by Crippen LogP contribution is 2.12. The maximum Gasteiger partial charge on any atom is 0.231 e. The van der Waals surface area contributed by atoms with Crippen LogP contribution in [0.15, 0.2) is 24.4 Å². The van der Waals surface area contributed by atoms with E-state index in [0.29, 0.717) is 18.4 Å². The van der Waals surface area contributed by atoms with Gasteiger partial charge in [-0.25, -0.2) is 0 Å². The van der Waals surface area contributed by atoms with Gasteiger partial charge in [-0.3, -0.25) is 4.98 Å². The van der Waals surface area contributed by atoms with Gasteiger partial charge in [0.2, 0.25) is 17.8 Å². The second-order valence-corrected chi connectivity index (χ2v) is 4.16. The molecule has 0 aliphatic rings. The summed E-state index contributed by atoms with van der Waals surface area (Å²) in [6.07, 6.45) is 1.75. The smallest absolute Gasteiger partial charge is 0.231 e. The summed E-state index contributed by atoms with van der Waals surface area (Å²) in [5.74, 6) is 1.27. The van der Waals surface area contributed by atoms with Crippen LogP contribution in [0.4, 0.5) is 17.8 Å². The van der Waals surface area contributed by atoms with Crippen molar-refractivity contribution in [1.82, 2.24) is 19.9 Å². The van der Waals surface area contributed by atoms with E-state index < -0.39 is 0 Å². The van der Waals surface area contributed by atoms with E-state index in [4.69, 9.17) is 5.73 Å². The van der Waals surface area contributed by atoms with Crippen molar-refractivity contribution in [1.29, 1.82) is 0 Å². The standard InChI is InChI=1S/C13H19N7/c1-3-20(4-2)13-18-11(14)17-12(19-13)16-9-10-7-5-6-8-15-10/h5-8H,3-4,9H2,1-2H3,(H3,14,16,17,18,19). The Hall–Kier alpha value is -2.44. The highest BCUT2D eigenvalue weighted by Gasteiger charge is 2.09. The van der Waals surface area contributed by atoms with Crippen LogP contribution in [0.25, 0.3) is 0 Å². The Morgan fingerprint density at radius 1 is 1.15 bits per heavy atom. The minimum atomic E-state index is 0.213. The molecule has 2 rings (SSSR count). The average molecular weight is 273 g/mol. The number of hydrogen-bond donors (Lipinski definition) is 2. The number of nitrogen functional groups attached to an aromatic ring is 1. The normalized spacial score (nSPS) is 10.3. The molecule has 0 atom stereocenters. The van der Waals surface area contributed by atoms with Gasteiger partial charge < -0.3 is 16.0 Å². The van der Waals surface area contributed by atoms with Crippen LogP contribution in [0, 0.1) is 0 Å². The lowest BCUT2D eigenvalue weighted by atomic mass is 10.3. The second-order valence-electron chi connectivity index (χ2n) is 4.16. The first-order valence-electron chi connectivity index (χ1n) is 6.63. The van der Waals surface area contributed by atoms with Gasteiger partial charge in [-0.15, -0.1) is 0 Å². The van der Waals surface area contributed by atoms with Crippen molar-refractivity contribution in [3.8, 4) is 0 Å². The molecule has 0 spiro atoms. The molecule has 0 unspecified atom stereocenters. The molecular weight excluding hydrogens is 254 g/mol.